The minimum Gasteiger partial charge on any atom is -0.295 e. The lowest BCUT2D eigenvalue weighted by molar-refractivity contribution is 0.201. The standard InChI is InChI=1S/C16H24ClN/c1-13-9-14(2)11-15(10-13)12-18(8-7-17)16-5-3-4-6-16/h9-11,16H,3-8,12H2,1-2H3. The van der Waals surface area contributed by atoms with Crippen molar-refractivity contribution in [3.63, 3.8) is 0 Å². The fourth-order valence-electron chi connectivity index (χ4n) is 3.16. The molecule has 0 saturated heterocycles. The number of benzene rings is 1. The highest BCUT2D eigenvalue weighted by atomic mass is 35.5. The molecule has 0 aromatic heterocycles. The van der Waals surface area contributed by atoms with Crippen molar-refractivity contribution in [1.82, 2.24) is 4.90 Å². The first kappa shape index (κ1) is 13.9. The van der Waals surface area contributed by atoms with Crippen LogP contribution in [-0.4, -0.2) is 23.4 Å². The van der Waals surface area contributed by atoms with Crippen LogP contribution in [0.5, 0.6) is 0 Å². The van der Waals surface area contributed by atoms with Gasteiger partial charge in [0.05, 0.1) is 0 Å². The van der Waals surface area contributed by atoms with E-state index in [9.17, 15) is 0 Å². The van der Waals surface area contributed by atoms with Crippen LogP contribution < -0.4 is 0 Å². The number of aryl methyl sites for hydroxylation is 2. The fraction of sp³-hybridized carbons (Fsp3) is 0.625. The van der Waals surface area contributed by atoms with Crippen molar-refractivity contribution >= 4 is 11.6 Å². The van der Waals surface area contributed by atoms with E-state index in [4.69, 9.17) is 11.6 Å². The molecule has 1 aromatic carbocycles. The van der Waals surface area contributed by atoms with E-state index in [-0.39, 0.29) is 0 Å². The third-order valence-electron chi connectivity index (χ3n) is 3.88. The largest absolute Gasteiger partial charge is 0.295 e. The molecule has 0 bridgehead atoms. The van der Waals surface area contributed by atoms with Crippen LogP contribution in [0, 0.1) is 13.8 Å². The van der Waals surface area contributed by atoms with Gasteiger partial charge in [0.15, 0.2) is 0 Å². The summed E-state index contributed by atoms with van der Waals surface area (Å²) in [5, 5.41) is 0. The predicted molar refractivity (Wildman–Crippen MR) is 79.3 cm³/mol. The van der Waals surface area contributed by atoms with Gasteiger partial charge in [0.25, 0.3) is 0 Å². The number of alkyl halides is 1. The van der Waals surface area contributed by atoms with Crippen LogP contribution in [0.1, 0.15) is 42.4 Å². The molecule has 2 rings (SSSR count). The van der Waals surface area contributed by atoms with Crippen molar-refractivity contribution in [3.05, 3.63) is 34.9 Å². The number of rotatable bonds is 5. The van der Waals surface area contributed by atoms with Crippen molar-refractivity contribution < 1.29 is 0 Å². The Balaban J connectivity index is 2.07. The van der Waals surface area contributed by atoms with E-state index in [2.05, 4.69) is 36.9 Å². The molecule has 1 nitrogen and oxygen atoms in total. The van der Waals surface area contributed by atoms with Gasteiger partial charge in [0.1, 0.15) is 0 Å². The number of hydrogen-bond donors (Lipinski definition) is 0. The number of halogens is 1. The summed E-state index contributed by atoms with van der Waals surface area (Å²) in [6.07, 6.45) is 5.47. The molecule has 1 aromatic rings. The molecule has 0 amide bonds. The first-order chi connectivity index (χ1) is 8.69. The summed E-state index contributed by atoms with van der Waals surface area (Å²) >= 11 is 5.96. The van der Waals surface area contributed by atoms with Crippen molar-refractivity contribution in [2.75, 3.05) is 12.4 Å². The Morgan fingerprint density at radius 3 is 2.28 bits per heavy atom. The zero-order chi connectivity index (χ0) is 13.0. The Kier molecular flexibility index (Phi) is 5.08. The Bertz CT molecular complexity index is 362. The summed E-state index contributed by atoms with van der Waals surface area (Å²) < 4.78 is 0. The van der Waals surface area contributed by atoms with Gasteiger partial charge in [-0.05, 0) is 32.3 Å². The van der Waals surface area contributed by atoms with Crippen LogP contribution in [0.25, 0.3) is 0 Å². The quantitative estimate of drug-likeness (QED) is 0.718. The van der Waals surface area contributed by atoms with Gasteiger partial charge < -0.3 is 0 Å². The summed E-state index contributed by atoms with van der Waals surface area (Å²) in [5.41, 5.74) is 4.16. The maximum Gasteiger partial charge on any atom is 0.0351 e. The second-order valence-corrected chi connectivity index (χ2v) is 5.97. The SMILES string of the molecule is Cc1cc(C)cc(CN(CCCl)C2CCCC2)c1. The first-order valence-corrected chi connectivity index (χ1v) is 7.59. The van der Waals surface area contributed by atoms with E-state index in [0.717, 1.165) is 25.0 Å². The van der Waals surface area contributed by atoms with Gasteiger partial charge in [-0.1, -0.05) is 42.2 Å². The second-order valence-electron chi connectivity index (χ2n) is 5.59. The molecule has 18 heavy (non-hydrogen) atoms. The molecule has 0 aliphatic heterocycles. The summed E-state index contributed by atoms with van der Waals surface area (Å²) in [6.45, 7) is 6.43. The Morgan fingerprint density at radius 1 is 1.11 bits per heavy atom. The average molecular weight is 266 g/mol. The zero-order valence-electron chi connectivity index (χ0n) is 11.6. The highest BCUT2D eigenvalue weighted by molar-refractivity contribution is 6.18. The minimum atomic E-state index is 0.737. The molecule has 0 heterocycles. The molecule has 100 valence electrons. The fourth-order valence-corrected chi connectivity index (χ4v) is 3.38. The summed E-state index contributed by atoms with van der Waals surface area (Å²) in [5.74, 6) is 0.737. The monoisotopic (exact) mass is 265 g/mol. The van der Waals surface area contributed by atoms with E-state index in [1.807, 2.05) is 0 Å². The van der Waals surface area contributed by atoms with Crippen LogP contribution in [0.3, 0.4) is 0 Å². The van der Waals surface area contributed by atoms with Crippen molar-refractivity contribution in [2.45, 2.75) is 52.1 Å². The van der Waals surface area contributed by atoms with E-state index in [1.54, 1.807) is 0 Å². The van der Waals surface area contributed by atoms with Gasteiger partial charge in [0.2, 0.25) is 0 Å². The molecule has 2 heteroatoms. The molecule has 0 N–H and O–H groups in total. The van der Waals surface area contributed by atoms with Gasteiger partial charge in [-0.15, -0.1) is 11.6 Å². The van der Waals surface area contributed by atoms with Crippen molar-refractivity contribution in [3.8, 4) is 0 Å². The zero-order valence-corrected chi connectivity index (χ0v) is 12.3. The molecule has 1 aliphatic carbocycles. The maximum atomic E-state index is 5.96. The summed E-state index contributed by atoms with van der Waals surface area (Å²) in [4.78, 5) is 2.58. The molecule has 1 fully saturated rings. The second kappa shape index (κ2) is 6.58. The molecule has 0 unspecified atom stereocenters. The lowest BCUT2D eigenvalue weighted by Gasteiger charge is -2.28. The lowest BCUT2D eigenvalue weighted by Crippen LogP contribution is -2.34. The van der Waals surface area contributed by atoms with Gasteiger partial charge >= 0.3 is 0 Å². The van der Waals surface area contributed by atoms with E-state index in [0.29, 0.717) is 0 Å². The van der Waals surface area contributed by atoms with Gasteiger partial charge in [0, 0.05) is 25.0 Å². The Morgan fingerprint density at radius 2 is 1.72 bits per heavy atom. The van der Waals surface area contributed by atoms with Crippen LogP contribution in [-0.2, 0) is 6.54 Å². The minimum absolute atomic E-state index is 0.737. The van der Waals surface area contributed by atoms with Crippen molar-refractivity contribution in [2.24, 2.45) is 0 Å². The number of nitrogens with zero attached hydrogens (tertiary/aromatic N) is 1. The van der Waals surface area contributed by atoms with E-state index >= 15 is 0 Å². The molecule has 0 radical (unpaired) electrons. The Labute approximate surface area is 116 Å². The topological polar surface area (TPSA) is 3.24 Å². The molecule has 1 aliphatic rings. The highest BCUT2D eigenvalue weighted by Crippen LogP contribution is 2.25. The van der Waals surface area contributed by atoms with Gasteiger partial charge in [-0.25, -0.2) is 0 Å². The van der Waals surface area contributed by atoms with Crippen LogP contribution in [0.2, 0.25) is 0 Å². The van der Waals surface area contributed by atoms with E-state index in [1.165, 1.54) is 42.4 Å². The third kappa shape index (κ3) is 3.73. The molecule has 0 spiro atoms. The molecular formula is C16H24ClN. The maximum absolute atomic E-state index is 5.96. The lowest BCUT2D eigenvalue weighted by atomic mass is 10.1. The normalized spacial score (nSPS) is 16.7. The Hall–Kier alpha value is -0.530. The number of hydrogen-bond acceptors (Lipinski definition) is 1. The van der Waals surface area contributed by atoms with Crippen LogP contribution in [0.4, 0.5) is 0 Å². The highest BCUT2D eigenvalue weighted by Gasteiger charge is 2.22. The third-order valence-corrected chi connectivity index (χ3v) is 4.05. The van der Waals surface area contributed by atoms with Gasteiger partial charge in [-0.3, -0.25) is 4.90 Å². The molecule has 0 atom stereocenters. The predicted octanol–water partition coefficient (Wildman–Crippen LogP) is 4.29. The van der Waals surface area contributed by atoms with Crippen LogP contribution in [0.15, 0.2) is 18.2 Å². The smallest absolute Gasteiger partial charge is 0.0351 e. The van der Waals surface area contributed by atoms with E-state index < -0.39 is 0 Å². The van der Waals surface area contributed by atoms with Crippen LogP contribution >= 0.6 is 11.6 Å². The summed E-state index contributed by atoms with van der Waals surface area (Å²) in [6, 6.07) is 7.61. The van der Waals surface area contributed by atoms with Gasteiger partial charge in [-0.2, -0.15) is 0 Å². The first-order valence-electron chi connectivity index (χ1n) is 7.06. The summed E-state index contributed by atoms with van der Waals surface area (Å²) in [7, 11) is 0. The van der Waals surface area contributed by atoms with Crippen molar-refractivity contribution in [1.29, 1.82) is 0 Å². The molecular weight excluding hydrogens is 242 g/mol. The molecule has 1 saturated carbocycles. The average Bonchev–Trinajstić information content (AvgIpc) is 2.80.